The standard InChI is InChI=1S/C20H20ClF2NO3/c1-2-26-20(25)17-18(23)15(21)12-16-19(17)27-11-10-24(16)9-3-4-13-5-7-14(22)8-6-13/h5-8,12H,2-4,9-11H2,1H3. The molecule has 2 aromatic rings. The monoisotopic (exact) mass is 395 g/mol. The van der Waals surface area contributed by atoms with Crippen molar-refractivity contribution in [2.75, 3.05) is 31.2 Å². The van der Waals surface area contributed by atoms with E-state index >= 15 is 0 Å². The van der Waals surface area contributed by atoms with Gasteiger partial charge in [-0.2, -0.15) is 0 Å². The predicted molar refractivity (Wildman–Crippen MR) is 99.8 cm³/mol. The van der Waals surface area contributed by atoms with Gasteiger partial charge >= 0.3 is 5.97 Å². The molecule has 1 aliphatic rings. The molecule has 0 saturated carbocycles. The van der Waals surface area contributed by atoms with Crippen LogP contribution < -0.4 is 9.64 Å². The highest BCUT2D eigenvalue weighted by atomic mass is 35.5. The molecule has 0 saturated heterocycles. The number of halogens is 3. The van der Waals surface area contributed by atoms with Crippen molar-refractivity contribution < 1.29 is 23.0 Å². The first-order valence-corrected chi connectivity index (χ1v) is 9.20. The molecule has 3 rings (SSSR count). The van der Waals surface area contributed by atoms with Gasteiger partial charge in [0.2, 0.25) is 0 Å². The van der Waals surface area contributed by atoms with E-state index in [9.17, 15) is 13.6 Å². The fraction of sp³-hybridized carbons (Fsp3) is 0.350. The lowest BCUT2D eigenvalue weighted by molar-refractivity contribution is 0.0515. The van der Waals surface area contributed by atoms with Crippen molar-refractivity contribution in [1.82, 2.24) is 0 Å². The van der Waals surface area contributed by atoms with Crippen molar-refractivity contribution in [3.8, 4) is 5.75 Å². The Kier molecular flexibility index (Phi) is 6.16. The van der Waals surface area contributed by atoms with Gasteiger partial charge in [0.05, 0.1) is 23.9 Å². The van der Waals surface area contributed by atoms with Gasteiger partial charge in [0, 0.05) is 6.54 Å². The fourth-order valence-corrected chi connectivity index (χ4v) is 3.30. The molecule has 0 spiro atoms. The topological polar surface area (TPSA) is 38.8 Å². The van der Waals surface area contributed by atoms with Gasteiger partial charge in [-0.3, -0.25) is 0 Å². The van der Waals surface area contributed by atoms with Crippen molar-refractivity contribution in [1.29, 1.82) is 0 Å². The van der Waals surface area contributed by atoms with E-state index in [1.165, 1.54) is 18.2 Å². The van der Waals surface area contributed by atoms with Crippen LogP contribution in [0.1, 0.15) is 29.3 Å². The maximum atomic E-state index is 14.4. The van der Waals surface area contributed by atoms with E-state index in [0.717, 1.165) is 18.4 Å². The predicted octanol–water partition coefficient (Wildman–Crippen LogP) is 4.63. The smallest absolute Gasteiger partial charge is 0.345 e. The van der Waals surface area contributed by atoms with Crippen LogP contribution in [0.4, 0.5) is 14.5 Å². The van der Waals surface area contributed by atoms with Gasteiger partial charge in [-0.15, -0.1) is 0 Å². The van der Waals surface area contributed by atoms with E-state index < -0.39 is 11.8 Å². The van der Waals surface area contributed by atoms with Crippen LogP contribution in [-0.2, 0) is 11.2 Å². The summed E-state index contributed by atoms with van der Waals surface area (Å²) in [5.74, 6) is -1.71. The minimum absolute atomic E-state index is 0.126. The Balaban J connectivity index is 1.79. The second-order valence-corrected chi connectivity index (χ2v) is 6.59. The molecule has 0 unspecified atom stereocenters. The number of anilines is 1. The van der Waals surface area contributed by atoms with Crippen LogP contribution in [0.15, 0.2) is 30.3 Å². The van der Waals surface area contributed by atoms with E-state index in [2.05, 4.69) is 0 Å². The Morgan fingerprint density at radius 2 is 2.04 bits per heavy atom. The number of hydrogen-bond donors (Lipinski definition) is 0. The summed E-state index contributed by atoms with van der Waals surface area (Å²) < 4.78 is 38.0. The summed E-state index contributed by atoms with van der Waals surface area (Å²) in [6, 6.07) is 7.87. The summed E-state index contributed by atoms with van der Waals surface area (Å²) in [5.41, 5.74) is 1.35. The minimum Gasteiger partial charge on any atom is -0.489 e. The van der Waals surface area contributed by atoms with Gasteiger partial charge in [0.1, 0.15) is 18.0 Å². The molecule has 0 amide bonds. The summed E-state index contributed by atoms with van der Waals surface area (Å²) in [6.07, 6.45) is 1.57. The maximum Gasteiger partial charge on any atom is 0.345 e. The molecule has 2 aromatic carbocycles. The number of hydrogen-bond acceptors (Lipinski definition) is 4. The number of ether oxygens (including phenoxy) is 2. The second-order valence-electron chi connectivity index (χ2n) is 6.18. The molecular weight excluding hydrogens is 376 g/mol. The number of benzene rings is 2. The molecule has 1 heterocycles. The first kappa shape index (κ1) is 19.4. The third kappa shape index (κ3) is 4.33. The normalized spacial score (nSPS) is 13.1. The first-order valence-electron chi connectivity index (χ1n) is 8.82. The zero-order valence-electron chi connectivity index (χ0n) is 14.9. The molecule has 0 atom stereocenters. The lowest BCUT2D eigenvalue weighted by Gasteiger charge is -2.32. The molecule has 0 fully saturated rings. The lowest BCUT2D eigenvalue weighted by Crippen LogP contribution is -2.34. The number of esters is 1. The number of carbonyl (C=O) groups is 1. The van der Waals surface area contributed by atoms with Gasteiger partial charge in [0.15, 0.2) is 11.6 Å². The molecule has 0 radical (unpaired) electrons. The molecule has 144 valence electrons. The zero-order valence-corrected chi connectivity index (χ0v) is 15.7. The van der Waals surface area contributed by atoms with Crippen molar-refractivity contribution in [2.45, 2.75) is 19.8 Å². The molecule has 4 nitrogen and oxygen atoms in total. The Bertz CT molecular complexity index is 827. The number of carbonyl (C=O) groups excluding carboxylic acids is 1. The summed E-state index contributed by atoms with van der Waals surface area (Å²) in [4.78, 5) is 14.2. The molecule has 0 N–H and O–H groups in total. The third-order valence-electron chi connectivity index (χ3n) is 4.39. The van der Waals surface area contributed by atoms with Gasteiger partial charge in [-0.25, -0.2) is 13.6 Å². The molecule has 0 aromatic heterocycles. The second kappa shape index (κ2) is 8.57. The van der Waals surface area contributed by atoms with E-state index in [-0.39, 0.29) is 28.8 Å². The number of rotatable bonds is 6. The molecule has 1 aliphatic heterocycles. The molecule has 0 aliphatic carbocycles. The highest BCUT2D eigenvalue weighted by Gasteiger charge is 2.30. The van der Waals surface area contributed by atoms with Crippen LogP contribution in [0.2, 0.25) is 5.02 Å². The van der Waals surface area contributed by atoms with Gasteiger partial charge in [-0.1, -0.05) is 23.7 Å². The van der Waals surface area contributed by atoms with Gasteiger partial charge in [0.25, 0.3) is 0 Å². The van der Waals surface area contributed by atoms with Gasteiger partial charge in [-0.05, 0) is 43.5 Å². The average molecular weight is 396 g/mol. The Labute approximate surface area is 161 Å². The van der Waals surface area contributed by atoms with Crippen LogP contribution in [0.25, 0.3) is 0 Å². The Morgan fingerprint density at radius 3 is 2.74 bits per heavy atom. The van der Waals surface area contributed by atoms with Crippen LogP contribution in [0.3, 0.4) is 0 Å². The maximum absolute atomic E-state index is 14.4. The first-order chi connectivity index (χ1) is 13.0. The average Bonchev–Trinajstić information content (AvgIpc) is 2.65. The van der Waals surface area contributed by atoms with E-state index in [1.54, 1.807) is 19.1 Å². The SMILES string of the molecule is CCOC(=O)c1c(F)c(Cl)cc2c1OCCN2CCCc1ccc(F)cc1. The summed E-state index contributed by atoms with van der Waals surface area (Å²) in [7, 11) is 0. The zero-order chi connectivity index (χ0) is 19.4. The highest BCUT2D eigenvalue weighted by Crippen LogP contribution is 2.40. The molecular formula is C20H20ClF2NO3. The van der Waals surface area contributed by atoms with Crippen LogP contribution in [0.5, 0.6) is 5.75 Å². The number of nitrogens with zero attached hydrogens (tertiary/aromatic N) is 1. The highest BCUT2D eigenvalue weighted by molar-refractivity contribution is 6.31. The molecule has 7 heteroatoms. The Morgan fingerprint density at radius 1 is 1.30 bits per heavy atom. The Hall–Kier alpha value is -2.34. The van der Waals surface area contributed by atoms with Crippen LogP contribution in [0, 0.1) is 11.6 Å². The van der Waals surface area contributed by atoms with Crippen molar-refractivity contribution in [3.05, 3.63) is 58.1 Å². The van der Waals surface area contributed by atoms with Crippen molar-refractivity contribution in [3.63, 3.8) is 0 Å². The number of fused-ring (bicyclic) bond motifs is 1. The number of aryl methyl sites for hydroxylation is 1. The van der Waals surface area contributed by atoms with Crippen LogP contribution >= 0.6 is 11.6 Å². The largest absolute Gasteiger partial charge is 0.489 e. The lowest BCUT2D eigenvalue weighted by atomic mass is 10.1. The van der Waals surface area contributed by atoms with Crippen molar-refractivity contribution >= 4 is 23.3 Å². The summed E-state index contributed by atoms with van der Waals surface area (Å²) >= 11 is 6.00. The summed E-state index contributed by atoms with van der Waals surface area (Å²) in [5, 5.41) is -0.147. The van der Waals surface area contributed by atoms with E-state index in [4.69, 9.17) is 21.1 Å². The van der Waals surface area contributed by atoms with Crippen LogP contribution in [-0.4, -0.2) is 32.3 Å². The fourth-order valence-electron chi connectivity index (χ4n) is 3.10. The van der Waals surface area contributed by atoms with E-state index in [1.807, 2.05) is 4.90 Å². The quantitative estimate of drug-likeness (QED) is 0.669. The third-order valence-corrected chi connectivity index (χ3v) is 4.66. The molecule has 0 bridgehead atoms. The van der Waals surface area contributed by atoms with Gasteiger partial charge < -0.3 is 14.4 Å². The molecule has 27 heavy (non-hydrogen) atoms. The summed E-state index contributed by atoms with van der Waals surface area (Å²) in [6.45, 7) is 3.37. The van der Waals surface area contributed by atoms with Crippen molar-refractivity contribution in [2.24, 2.45) is 0 Å². The minimum atomic E-state index is -0.831. The van der Waals surface area contributed by atoms with E-state index in [0.29, 0.717) is 25.4 Å².